The molecule has 4 nitrogen and oxygen atoms in total. The summed E-state index contributed by atoms with van der Waals surface area (Å²) >= 11 is 0. The van der Waals surface area contributed by atoms with Crippen LogP contribution < -0.4 is 11.1 Å². The van der Waals surface area contributed by atoms with E-state index in [1.54, 1.807) is 0 Å². The highest BCUT2D eigenvalue weighted by Crippen LogP contribution is 2.34. The first-order valence-electron chi connectivity index (χ1n) is 3.13. The van der Waals surface area contributed by atoms with Crippen LogP contribution in [0.4, 0.5) is 0 Å². The van der Waals surface area contributed by atoms with Crippen molar-refractivity contribution in [3.05, 3.63) is 0 Å². The van der Waals surface area contributed by atoms with Crippen LogP contribution >= 0.6 is 0 Å². The predicted octanol–water partition coefficient (Wildman–Crippen LogP) is -0.883. The Morgan fingerprint density at radius 2 is 2.40 bits per heavy atom. The minimum absolute atomic E-state index is 0.197. The van der Waals surface area contributed by atoms with Crippen molar-refractivity contribution in [1.29, 1.82) is 5.26 Å². The van der Waals surface area contributed by atoms with Gasteiger partial charge in [-0.1, -0.05) is 0 Å². The number of nitriles is 1. The van der Waals surface area contributed by atoms with Crippen molar-refractivity contribution in [2.45, 2.75) is 18.4 Å². The maximum atomic E-state index is 10.6. The Kier molecular flexibility index (Phi) is 1.60. The quantitative estimate of drug-likeness (QED) is 0.498. The van der Waals surface area contributed by atoms with Gasteiger partial charge in [0, 0.05) is 0 Å². The molecule has 1 fully saturated rings. The zero-order valence-corrected chi connectivity index (χ0v) is 5.55. The summed E-state index contributed by atoms with van der Waals surface area (Å²) in [5, 5.41) is 11.0. The summed E-state index contributed by atoms with van der Waals surface area (Å²) in [5.74, 6) is -0.345. The number of rotatable bonds is 3. The molecule has 0 atom stereocenters. The summed E-state index contributed by atoms with van der Waals surface area (Å²) in [6, 6.07) is 1.90. The highest BCUT2D eigenvalue weighted by molar-refractivity contribution is 5.87. The lowest BCUT2D eigenvalue weighted by atomic mass is 10.2. The largest absolute Gasteiger partial charge is 0.368 e. The van der Waals surface area contributed by atoms with Crippen LogP contribution in [0.5, 0.6) is 0 Å². The van der Waals surface area contributed by atoms with E-state index in [2.05, 4.69) is 5.32 Å². The molecule has 4 heteroatoms. The smallest absolute Gasteiger partial charge is 0.237 e. The van der Waals surface area contributed by atoms with Gasteiger partial charge in [-0.2, -0.15) is 5.26 Å². The average Bonchev–Trinajstić information content (AvgIpc) is 2.64. The maximum absolute atomic E-state index is 10.6. The van der Waals surface area contributed by atoms with Crippen molar-refractivity contribution >= 4 is 5.91 Å². The van der Waals surface area contributed by atoms with Gasteiger partial charge in [-0.15, -0.1) is 0 Å². The SMILES string of the molecule is N#CCNC1(C(N)=O)CC1. The monoisotopic (exact) mass is 139 g/mol. The molecule has 3 N–H and O–H groups in total. The van der Waals surface area contributed by atoms with Crippen LogP contribution in [0, 0.1) is 11.3 Å². The van der Waals surface area contributed by atoms with Crippen LogP contribution in [0.3, 0.4) is 0 Å². The summed E-state index contributed by atoms with van der Waals surface area (Å²) in [4.78, 5) is 10.6. The second kappa shape index (κ2) is 2.27. The minimum atomic E-state index is -0.532. The number of nitrogens with two attached hydrogens (primary N) is 1. The van der Waals surface area contributed by atoms with Gasteiger partial charge in [0.2, 0.25) is 5.91 Å². The Bertz CT molecular complexity index is 190. The fourth-order valence-electron chi connectivity index (χ4n) is 0.844. The number of primary amides is 1. The van der Waals surface area contributed by atoms with Crippen LogP contribution in [0.25, 0.3) is 0 Å². The van der Waals surface area contributed by atoms with Gasteiger partial charge in [-0.25, -0.2) is 0 Å². The molecule has 1 aliphatic rings. The third kappa shape index (κ3) is 1.09. The molecule has 1 rings (SSSR count). The van der Waals surface area contributed by atoms with Crippen LogP contribution in [0.2, 0.25) is 0 Å². The maximum Gasteiger partial charge on any atom is 0.237 e. The molecule has 0 aromatic carbocycles. The van der Waals surface area contributed by atoms with E-state index in [0.29, 0.717) is 0 Å². The molecule has 0 aromatic rings. The number of amides is 1. The zero-order valence-electron chi connectivity index (χ0n) is 5.55. The van der Waals surface area contributed by atoms with Gasteiger partial charge in [0.1, 0.15) is 0 Å². The summed E-state index contributed by atoms with van der Waals surface area (Å²) in [7, 11) is 0. The Labute approximate surface area is 59.0 Å². The van der Waals surface area contributed by atoms with E-state index in [9.17, 15) is 4.79 Å². The Morgan fingerprint density at radius 1 is 1.80 bits per heavy atom. The zero-order chi connectivity index (χ0) is 7.61. The number of carbonyl (C=O) groups is 1. The summed E-state index contributed by atoms with van der Waals surface area (Å²) in [5.41, 5.74) is 4.53. The first kappa shape index (κ1) is 7.03. The molecule has 0 radical (unpaired) electrons. The van der Waals surface area contributed by atoms with Crippen molar-refractivity contribution in [3.63, 3.8) is 0 Å². The van der Waals surface area contributed by atoms with Crippen LogP contribution in [0.1, 0.15) is 12.8 Å². The lowest BCUT2D eigenvalue weighted by Gasteiger charge is -2.08. The lowest BCUT2D eigenvalue weighted by Crippen LogP contribution is -2.43. The van der Waals surface area contributed by atoms with Crippen LogP contribution in [0.15, 0.2) is 0 Å². The van der Waals surface area contributed by atoms with E-state index in [1.165, 1.54) is 0 Å². The molecule has 0 heterocycles. The van der Waals surface area contributed by atoms with E-state index in [1.807, 2.05) is 6.07 Å². The fraction of sp³-hybridized carbons (Fsp3) is 0.667. The Morgan fingerprint density at radius 3 is 2.70 bits per heavy atom. The van der Waals surface area contributed by atoms with Crippen molar-refractivity contribution in [1.82, 2.24) is 5.32 Å². The third-order valence-electron chi connectivity index (χ3n) is 1.73. The van der Waals surface area contributed by atoms with Gasteiger partial charge in [0.25, 0.3) is 0 Å². The predicted molar refractivity (Wildman–Crippen MR) is 34.8 cm³/mol. The van der Waals surface area contributed by atoms with Gasteiger partial charge >= 0.3 is 0 Å². The highest BCUT2D eigenvalue weighted by Gasteiger charge is 2.47. The summed E-state index contributed by atoms with van der Waals surface area (Å²) in [6.45, 7) is 0.197. The lowest BCUT2D eigenvalue weighted by molar-refractivity contribution is -0.120. The first-order valence-corrected chi connectivity index (χ1v) is 3.13. The van der Waals surface area contributed by atoms with Crippen molar-refractivity contribution in [2.24, 2.45) is 5.73 Å². The van der Waals surface area contributed by atoms with E-state index in [-0.39, 0.29) is 12.5 Å². The van der Waals surface area contributed by atoms with E-state index in [0.717, 1.165) is 12.8 Å². The highest BCUT2D eigenvalue weighted by atomic mass is 16.1. The first-order chi connectivity index (χ1) is 4.71. The molecule has 0 spiro atoms. The average molecular weight is 139 g/mol. The number of nitrogens with one attached hydrogen (secondary N) is 1. The second-order valence-electron chi connectivity index (χ2n) is 2.46. The number of hydrogen-bond acceptors (Lipinski definition) is 3. The molecule has 54 valence electrons. The van der Waals surface area contributed by atoms with Gasteiger partial charge in [-0.3, -0.25) is 10.1 Å². The molecule has 1 aliphatic carbocycles. The van der Waals surface area contributed by atoms with Gasteiger partial charge in [0.05, 0.1) is 18.2 Å². The topological polar surface area (TPSA) is 78.9 Å². The van der Waals surface area contributed by atoms with Gasteiger partial charge < -0.3 is 5.73 Å². The van der Waals surface area contributed by atoms with E-state index in [4.69, 9.17) is 11.0 Å². The number of hydrogen-bond donors (Lipinski definition) is 2. The van der Waals surface area contributed by atoms with E-state index >= 15 is 0 Å². The Balaban J connectivity index is 2.40. The summed E-state index contributed by atoms with van der Waals surface area (Å²) in [6.07, 6.45) is 1.54. The molecule has 0 aromatic heterocycles. The molecule has 10 heavy (non-hydrogen) atoms. The molecule has 0 aliphatic heterocycles. The van der Waals surface area contributed by atoms with Crippen molar-refractivity contribution in [3.8, 4) is 6.07 Å². The molecule has 0 unspecified atom stereocenters. The molecule has 0 bridgehead atoms. The number of nitrogens with zero attached hydrogens (tertiary/aromatic N) is 1. The van der Waals surface area contributed by atoms with Crippen molar-refractivity contribution < 1.29 is 4.79 Å². The molecule has 1 saturated carbocycles. The minimum Gasteiger partial charge on any atom is -0.368 e. The van der Waals surface area contributed by atoms with Crippen molar-refractivity contribution in [2.75, 3.05) is 6.54 Å². The molecular weight excluding hydrogens is 130 g/mol. The number of carbonyl (C=O) groups excluding carboxylic acids is 1. The van der Waals surface area contributed by atoms with Crippen LogP contribution in [-0.4, -0.2) is 18.0 Å². The van der Waals surface area contributed by atoms with Gasteiger partial charge in [0.15, 0.2) is 0 Å². The summed E-state index contributed by atoms with van der Waals surface area (Å²) < 4.78 is 0. The molecule has 0 saturated heterocycles. The normalized spacial score (nSPS) is 19.5. The standard InChI is InChI=1S/C6H9N3O/c7-3-4-9-6(1-2-6)5(8)10/h9H,1-2,4H2,(H2,8,10). The van der Waals surface area contributed by atoms with Crippen LogP contribution in [-0.2, 0) is 4.79 Å². The molecular formula is C6H9N3O. The molecule has 1 amide bonds. The van der Waals surface area contributed by atoms with E-state index < -0.39 is 5.54 Å². The second-order valence-corrected chi connectivity index (χ2v) is 2.46. The third-order valence-corrected chi connectivity index (χ3v) is 1.73. The van der Waals surface area contributed by atoms with Gasteiger partial charge in [-0.05, 0) is 12.8 Å². The Hall–Kier alpha value is -1.08. The fourth-order valence-corrected chi connectivity index (χ4v) is 0.844.